The number of carbonyl (C=O) groups is 1. The number of hydrogen-bond acceptors (Lipinski definition) is 5. The van der Waals surface area contributed by atoms with Gasteiger partial charge in [0, 0.05) is 18.3 Å². The Bertz CT molecular complexity index is 990. The molecule has 26 heavy (non-hydrogen) atoms. The summed E-state index contributed by atoms with van der Waals surface area (Å²) in [6.07, 6.45) is 1.36. The van der Waals surface area contributed by atoms with Crippen molar-refractivity contribution in [1.29, 1.82) is 0 Å². The first-order valence-electron chi connectivity index (χ1n) is 7.98. The van der Waals surface area contributed by atoms with Gasteiger partial charge < -0.3 is 15.4 Å². The molecule has 0 aliphatic carbocycles. The Morgan fingerprint density at radius 3 is 3.00 bits per heavy atom. The molecule has 1 aromatic carbocycles. The molecular formula is C17H15F2N5O2. The number of aromatic amines is 1. The zero-order chi connectivity index (χ0) is 18.3. The van der Waals surface area contributed by atoms with E-state index in [1.54, 1.807) is 6.07 Å². The standard InChI is InChI=1S/C17H15F2N5O2/c18-10-1-2-13(19)11(6-10)14-8-26-4-3-24(14)17-12-5-9(15(20)25)7-21-16(12)22-23-17/h1-2,5-7,14H,3-4,8H2,(H2,20,25)(H,21,22,23). The van der Waals surface area contributed by atoms with Crippen molar-refractivity contribution in [2.75, 3.05) is 24.7 Å². The number of pyridine rings is 1. The number of nitrogens with two attached hydrogens (primary N) is 1. The highest BCUT2D eigenvalue weighted by molar-refractivity contribution is 5.98. The number of ether oxygens (including phenoxy) is 1. The zero-order valence-corrected chi connectivity index (χ0v) is 13.6. The SMILES string of the molecule is NC(=O)c1cnc2[nH]nc(N3CCOCC3c3cc(F)ccc3F)c2c1. The molecule has 1 unspecified atom stereocenters. The maximum atomic E-state index is 14.3. The fourth-order valence-electron chi connectivity index (χ4n) is 3.13. The van der Waals surface area contributed by atoms with Crippen molar-refractivity contribution in [3.63, 3.8) is 0 Å². The van der Waals surface area contributed by atoms with Crippen LogP contribution in [0, 0.1) is 11.6 Å². The van der Waals surface area contributed by atoms with Crippen LogP contribution in [0.4, 0.5) is 14.6 Å². The molecule has 9 heteroatoms. The number of fused-ring (bicyclic) bond motifs is 1. The molecule has 0 saturated carbocycles. The second-order valence-electron chi connectivity index (χ2n) is 5.98. The Hall–Kier alpha value is -3.07. The normalized spacial score (nSPS) is 17.6. The molecule has 0 radical (unpaired) electrons. The van der Waals surface area contributed by atoms with E-state index in [9.17, 15) is 13.6 Å². The number of aromatic nitrogens is 3. The quantitative estimate of drug-likeness (QED) is 0.745. The molecule has 0 bridgehead atoms. The molecule has 4 rings (SSSR count). The fourth-order valence-corrected chi connectivity index (χ4v) is 3.13. The van der Waals surface area contributed by atoms with E-state index in [1.807, 2.05) is 4.90 Å². The van der Waals surface area contributed by atoms with Gasteiger partial charge in [-0.1, -0.05) is 0 Å². The first-order valence-corrected chi connectivity index (χ1v) is 7.98. The largest absolute Gasteiger partial charge is 0.377 e. The van der Waals surface area contributed by atoms with Gasteiger partial charge in [-0.2, -0.15) is 5.10 Å². The van der Waals surface area contributed by atoms with Crippen molar-refractivity contribution in [3.8, 4) is 0 Å². The molecule has 1 fully saturated rings. The minimum Gasteiger partial charge on any atom is -0.377 e. The van der Waals surface area contributed by atoms with Crippen LogP contribution in [0.15, 0.2) is 30.5 Å². The highest BCUT2D eigenvalue weighted by Gasteiger charge is 2.30. The Morgan fingerprint density at radius 2 is 2.19 bits per heavy atom. The van der Waals surface area contributed by atoms with E-state index < -0.39 is 23.6 Å². The lowest BCUT2D eigenvalue weighted by atomic mass is 10.0. The third kappa shape index (κ3) is 2.76. The molecule has 1 amide bonds. The molecule has 7 nitrogen and oxygen atoms in total. The van der Waals surface area contributed by atoms with Crippen LogP contribution in [0.25, 0.3) is 11.0 Å². The van der Waals surface area contributed by atoms with Crippen LogP contribution in [-0.2, 0) is 4.74 Å². The number of nitrogens with zero attached hydrogens (tertiary/aromatic N) is 3. The summed E-state index contributed by atoms with van der Waals surface area (Å²) in [6.45, 7) is 1.00. The van der Waals surface area contributed by atoms with Gasteiger partial charge in [0.05, 0.1) is 30.2 Å². The van der Waals surface area contributed by atoms with Crippen molar-refractivity contribution in [3.05, 3.63) is 53.2 Å². The van der Waals surface area contributed by atoms with Crippen LogP contribution in [0.1, 0.15) is 22.0 Å². The second-order valence-corrected chi connectivity index (χ2v) is 5.98. The Kier molecular flexibility index (Phi) is 4.00. The Morgan fingerprint density at radius 1 is 1.35 bits per heavy atom. The fraction of sp³-hybridized carbons (Fsp3) is 0.235. The molecule has 1 atom stereocenters. The molecule has 1 aliphatic rings. The lowest BCUT2D eigenvalue weighted by Crippen LogP contribution is -2.40. The van der Waals surface area contributed by atoms with Gasteiger partial charge in [-0.3, -0.25) is 9.89 Å². The summed E-state index contributed by atoms with van der Waals surface area (Å²) in [6, 6.07) is 4.33. The van der Waals surface area contributed by atoms with Gasteiger partial charge >= 0.3 is 0 Å². The monoisotopic (exact) mass is 359 g/mol. The molecule has 0 spiro atoms. The summed E-state index contributed by atoms with van der Waals surface area (Å²) in [5.74, 6) is -1.19. The molecule has 134 valence electrons. The van der Waals surface area contributed by atoms with Gasteiger partial charge in [-0.25, -0.2) is 13.8 Å². The van der Waals surface area contributed by atoms with Crippen LogP contribution < -0.4 is 10.6 Å². The van der Waals surface area contributed by atoms with Crippen molar-refractivity contribution in [2.45, 2.75) is 6.04 Å². The first-order chi connectivity index (χ1) is 12.5. The van der Waals surface area contributed by atoms with Gasteiger partial charge in [0.25, 0.3) is 0 Å². The number of benzene rings is 1. The van der Waals surface area contributed by atoms with Crippen LogP contribution in [0.2, 0.25) is 0 Å². The van der Waals surface area contributed by atoms with Crippen LogP contribution in [0.3, 0.4) is 0 Å². The predicted octanol–water partition coefficient (Wildman–Crippen LogP) is 1.91. The van der Waals surface area contributed by atoms with E-state index in [0.717, 1.165) is 18.2 Å². The van der Waals surface area contributed by atoms with Crippen molar-refractivity contribution < 1.29 is 18.3 Å². The van der Waals surface area contributed by atoms with E-state index in [0.29, 0.717) is 30.0 Å². The lowest BCUT2D eigenvalue weighted by Gasteiger charge is -2.36. The number of halogens is 2. The number of anilines is 1. The average Bonchev–Trinajstić information content (AvgIpc) is 3.06. The Labute approximate surface area is 146 Å². The third-order valence-corrected chi connectivity index (χ3v) is 4.40. The van der Waals surface area contributed by atoms with Crippen LogP contribution in [0.5, 0.6) is 0 Å². The van der Waals surface area contributed by atoms with E-state index in [1.165, 1.54) is 6.20 Å². The number of H-pyrrole nitrogens is 1. The summed E-state index contributed by atoms with van der Waals surface area (Å²) in [5.41, 5.74) is 6.21. The average molecular weight is 359 g/mol. The Balaban J connectivity index is 1.82. The first kappa shape index (κ1) is 16.4. The minimum absolute atomic E-state index is 0.178. The molecule has 2 aromatic heterocycles. The van der Waals surface area contributed by atoms with E-state index >= 15 is 0 Å². The van der Waals surface area contributed by atoms with Gasteiger partial charge in [0.2, 0.25) is 5.91 Å². The van der Waals surface area contributed by atoms with E-state index in [4.69, 9.17) is 10.5 Å². The number of nitrogens with one attached hydrogen (secondary N) is 1. The molecule has 1 aliphatic heterocycles. The molecule has 3 heterocycles. The second kappa shape index (κ2) is 6.34. The maximum absolute atomic E-state index is 14.3. The van der Waals surface area contributed by atoms with E-state index in [-0.39, 0.29) is 17.7 Å². The number of rotatable bonds is 3. The molecule has 3 aromatic rings. The van der Waals surface area contributed by atoms with Crippen LogP contribution in [-0.4, -0.2) is 40.8 Å². The highest BCUT2D eigenvalue weighted by atomic mass is 19.1. The predicted molar refractivity (Wildman–Crippen MR) is 89.7 cm³/mol. The topological polar surface area (TPSA) is 97.1 Å². The van der Waals surface area contributed by atoms with Gasteiger partial charge in [0.15, 0.2) is 11.5 Å². The maximum Gasteiger partial charge on any atom is 0.250 e. The smallest absolute Gasteiger partial charge is 0.250 e. The number of primary amides is 1. The summed E-state index contributed by atoms with van der Waals surface area (Å²) in [7, 11) is 0. The van der Waals surface area contributed by atoms with Crippen molar-refractivity contribution in [1.82, 2.24) is 15.2 Å². The summed E-state index contributed by atoms with van der Waals surface area (Å²) in [4.78, 5) is 17.4. The zero-order valence-electron chi connectivity index (χ0n) is 13.6. The summed E-state index contributed by atoms with van der Waals surface area (Å²) < 4.78 is 33.4. The van der Waals surface area contributed by atoms with Gasteiger partial charge in [0.1, 0.15) is 11.6 Å². The number of morpholine rings is 1. The minimum atomic E-state index is -0.610. The number of amides is 1. The van der Waals surface area contributed by atoms with Gasteiger partial charge in [-0.15, -0.1) is 0 Å². The van der Waals surface area contributed by atoms with Gasteiger partial charge in [-0.05, 0) is 24.3 Å². The summed E-state index contributed by atoms with van der Waals surface area (Å²) >= 11 is 0. The number of carbonyl (C=O) groups excluding carboxylic acids is 1. The summed E-state index contributed by atoms with van der Waals surface area (Å²) in [5, 5.41) is 7.62. The van der Waals surface area contributed by atoms with Crippen molar-refractivity contribution in [2.24, 2.45) is 5.73 Å². The molecular weight excluding hydrogens is 344 g/mol. The van der Waals surface area contributed by atoms with Crippen LogP contribution >= 0.6 is 0 Å². The lowest BCUT2D eigenvalue weighted by molar-refractivity contribution is 0.0927. The number of hydrogen-bond donors (Lipinski definition) is 2. The molecule has 3 N–H and O–H groups in total. The highest BCUT2D eigenvalue weighted by Crippen LogP contribution is 2.34. The van der Waals surface area contributed by atoms with Crippen molar-refractivity contribution >= 4 is 22.8 Å². The van der Waals surface area contributed by atoms with E-state index in [2.05, 4.69) is 15.2 Å². The third-order valence-electron chi connectivity index (χ3n) is 4.40. The molecule has 1 saturated heterocycles.